The molecule has 27 heavy (non-hydrogen) atoms. The number of amides is 2. The average molecular weight is 419 g/mol. The van der Waals surface area contributed by atoms with Crippen molar-refractivity contribution in [2.45, 2.75) is 19.1 Å². The molecule has 1 aromatic carbocycles. The van der Waals surface area contributed by atoms with Crippen LogP contribution in [0.5, 0.6) is 0 Å². The van der Waals surface area contributed by atoms with Gasteiger partial charge < -0.3 is 25.2 Å². The van der Waals surface area contributed by atoms with Crippen molar-refractivity contribution in [3.05, 3.63) is 30.3 Å². The van der Waals surface area contributed by atoms with Crippen LogP contribution in [0.3, 0.4) is 0 Å². The predicted molar refractivity (Wildman–Crippen MR) is 110 cm³/mol. The SMILES string of the molecule is C[C@H]1OCCN[C@@H]1C(=O)NCC(=O)N1CCN(c2ccccc2)CC1.Cl.Cl. The molecule has 3 rings (SSSR count). The Labute approximate surface area is 172 Å². The van der Waals surface area contributed by atoms with Crippen LogP contribution < -0.4 is 15.5 Å². The zero-order chi connectivity index (χ0) is 17.6. The quantitative estimate of drug-likeness (QED) is 0.751. The number of hydrogen-bond donors (Lipinski definition) is 2. The molecule has 0 spiro atoms. The van der Waals surface area contributed by atoms with Gasteiger partial charge in [0.15, 0.2) is 0 Å². The van der Waals surface area contributed by atoms with Gasteiger partial charge in [-0.3, -0.25) is 9.59 Å². The summed E-state index contributed by atoms with van der Waals surface area (Å²) in [4.78, 5) is 28.6. The van der Waals surface area contributed by atoms with Crippen LogP contribution >= 0.6 is 24.8 Å². The van der Waals surface area contributed by atoms with Crippen LogP contribution in [0.1, 0.15) is 6.92 Å². The molecule has 0 aromatic heterocycles. The summed E-state index contributed by atoms with van der Waals surface area (Å²) in [6, 6.07) is 9.81. The van der Waals surface area contributed by atoms with Crippen molar-refractivity contribution in [1.82, 2.24) is 15.5 Å². The molecule has 2 N–H and O–H groups in total. The molecule has 2 saturated heterocycles. The van der Waals surface area contributed by atoms with Gasteiger partial charge in [-0.15, -0.1) is 24.8 Å². The molecule has 7 nitrogen and oxygen atoms in total. The summed E-state index contributed by atoms with van der Waals surface area (Å²) in [5.74, 6) is -0.214. The molecule has 2 atom stereocenters. The summed E-state index contributed by atoms with van der Waals surface area (Å²) >= 11 is 0. The summed E-state index contributed by atoms with van der Waals surface area (Å²) in [6.45, 7) is 6.11. The van der Waals surface area contributed by atoms with Crippen LogP contribution in [0, 0.1) is 0 Å². The third-order valence-electron chi connectivity index (χ3n) is 4.77. The maximum absolute atomic E-state index is 12.4. The minimum absolute atomic E-state index is 0. The largest absolute Gasteiger partial charge is 0.375 e. The van der Waals surface area contributed by atoms with Crippen molar-refractivity contribution in [2.75, 3.05) is 50.8 Å². The molecule has 2 aliphatic heterocycles. The third-order valence-corrected chi connectivity index (χ3v) is 4.77. The molecule has 9 heteroatoms. The van der Waals surface area contributed by atoms with Crippen molar-refractivity contribution < 1.29 is 14.3 Å². The first-order valence-electron chi connectivity index (χ1n) is 8.85. The Morgan fingerprint density at radius 3 is 2.44 bits per heavy atom. The fraction of sp³-hybridized carbons (Fsp3) is 0.556. The Morgan fingerprint density at radius 2 is 1.81 bits per heavy atom. The number of anilines is 1. The number of halogens is 2. The molecule has 0 saturated carbocycles. The average Bonchev–Trinajstić information content (AvgIpc) is 2.67. The van der Waals surface area contributed by atoms with Gasteiger partial charge in [0, 0.05) is 38.4 Å². The van der Waals surface area contributed by atoms with E-state index >= 15 is 0 Å². The molecule has 2 fully saturated rings. The Bertz CT molecular complexity index is 598. The number of ether oxygens (including phenoxy) is 1. The van der Waals surface area contributed by atoms with E-state index in [0.717, 1.165) is 13.1 Å². The van der Waals surface area contributed by atoms with Crippen molar-refractivity contribution >= 4 is 42.3 Å². The maximum atomic E-state index is 12.4. The number of rotatable bonds is 4. The Balaban J connectivity index is 0.00000182. The molecule has 2 amide bonds. The topological polar surface area (TPSA) is 73.9 Å². The highest BCUT2D eigenvalue weighted by atomic mass is 35.5. The lowest BCUT2D eigenvalue weighted by atomic mass is 10.1. The molecule has 0 bridgehead atoms. The minimum Gasteiger partial charge on any atom is -0.375 e. The number of morpholine rings is 1. The first kappa shape index (κ1) is 23.5. The monoisotopic (exact) mass is 418 g/mol. The number of carbonyl (C=O) groups excluding carboxylic acids is 2. The molecule has 0 radical (unpaired) electrons. The van der Waals surface area contributed by atoms with Crippen molar-refractivity contribution in [1.29, 1.82) is 0 Å². The van der Waals surface area contributed by atoms with E-state index < -0.39 is 6.04 Å². The highest BCUT2D eigenvalue weighted by molar-refractivity contribution is 5.88. The Morgan fingerprint density at radius 1 is 1.15 bits per heavy atom. The van der Waals surface area contributed by atoms with Crippen molar-refractivity contribution in [3.63, 3.8) is 0 Å². The van der Waals surface area contributed by atoms with E-state index in [0.29, 0.717) is 26.2 Å². The van der Waals surface area contributed by atoms with Crippen LogP contribution in [-0.4, -0.2) is 74.7 Å². The fourth-order valence-electron chi connectivity index (χ4n) is 3.26. The second kappa shape index (κ2) is 11.3. The van der Waals surface area contributed by atoms with Crippen molar-refractivity contribution in [3.8, 4) is 0 Å². The Hall–Kier alpha value is -1.54. The molecule has 152 valence electrons. The molecular formula is C18H28Cl2N4O3. The predicted octanol–water partition coefficient (Wildman–Crippen LogP) is 0.672. The lowest BCUT2D eigenvalue weighted by Gasteiger charge is -2.36. The van der Waals surface area contributed by atoms with Gasteiger partial charge in [0.2, 0.25) is 11.8 Å². The molecule has 2 heterocycles. The molecule has 1 aromatic rings. The number of para-hydroxylation sites is 1. The van der Waals surface area contributed by atoms with Gasteiger partial charge in [-0.25, -0.2) is 0 Å². The number of carbonyl (C=O) groups is 2. The normalized spacial score (nSPS) is 22.3. The second-order valence-electron chi connectivity index (χ2n) is 6.43. The van der Waals surface area contributed by atoms with E-state index in [1.54, 1.807) is 0 Å². The summed E-state index contributed by atoms with van der Waals surface area (Å²) in [5.41, 5.74) is 1.18. The van der Waals surface area contributed by atoms with Crippen LogP contribution in [0.25, 0.3) is 0 Å². The van der Waals surface area contributed by atoms with Gasteiger partial charge in [-0.1, -0.05) is 18.2 Å². The van der Waals surface area contributed by atoms with Gasteiger partial charge in [-0.2, -0.15) is 0 Å². The van der Waals surface area contributed by atoms with Gasteiger partial charge in [0.1, 0.15) is 6.04 Å². The van der Waals surface area contributed by atoms with Crippen LogP contribution in [0.2, 0.25) is 0 Å². The first-order chi connectivity index (χ1) is 12.1. The number of nitrogens with one attached hydrogen (secondary N) is 2. The lowest BCUT2D eigenvalue weighted by molar-refractivity contribution is -0.135. The van der Waals surface area contributed by atoms with Gasteiger partial charge in [0.05, 0.1) is 19.3 Å². The summed E-state index contributed by atoms with van der Waals surface area (Å²) in [6.07, 6.45) is -0.182. The van der Waals surface area contributed by atoms with Gasteiger partial charge >= 0.3 is 0 Å². The summed E-state index contributed by atoms with van der Waals surface area (Å²) in [7, 11) is 0. The fourth-order valence-corrected chi connectivity index (χ4v) is 3.26. The minimum atomic E-state index is -0.392. The number of nitrogens with zero attached hydrogens (tertiary/aromatic N) is 2. The highest BCUT2D eigenvalue weighted by Crippen LogP contribution is 2.15. The van der Waals surface area contributed by atoms with E-state index in [4.69, 9.17) is 4.74 Å². The third kappa shape index (κ3) is 6.24. The lowest BCUT2D eigenvalue weighted by Crippen LogP contribution is -2.57. The molecule has 0 unspecified atom stereocenters. The first-order valence-corrected chi connectivity index (χ1v) is 8.85. The molecular weight excluding hydrogens is 391 g/mol. The van der Waals surface area contributed by atoms with E-state index in [-0.39, 0.29) is 49.3 Å². The number of hydrogen-bond acceptors (Lipinski definition) is 5. The second-order valence-corrected chi connectivity index (χ2v) is 6.43. The highest BCUT2D eigenvalue weighted by Gasteiger charge is 2.29. The van der Waals surface area contributed by atoms with E-state index in [1.807, 2.05) is 30.0 Å². The number of piperazine rings is 1. The molecule has 2 aliphatic rings. The zero-order valence-corrected chi connectivity index (χ0v) is 17.1. The standard InChI is InChI=1S/C18H26N4O3.2ClH/c1-14-17(19-7-12-25-14)18(24)20-13-16(23)22-10-8-21(9-11-22)15-5-3-2-4-6-15;;/h2-6,14,17,19H,7-13H2,1H3,(H,20,24);2*1H/t14-,17+;;/m1../s1. The van der Waals surface area contributed by atoms with E-state index in [9.17, 15) is 9.59 Å². The number of benzene rings is 1. The summed E-state index contributed by atoms with van der Waals surface area (Å²) in [5, 5.41) is 5.86. The van der Waals surface area contributed by atoms with E-state index in [2.05, 4.69) is 27.7 Å². The van der Waals surface area contributed by atoms with Crippen LogP contribution in [-0.2, 0) is 14.3 Å². The van der Waals surface area contributed by atoms with E-state index in [1.165, 1.54) is 5.69 Å². The maximum Gasteiger partial charge on any atom is 0.242 e. The van der Waals surface area contributed by atoms with Crippen LogP contribution in [0.4, 0.5) is 5.69 Å². The molecule has 0 aliphatic carbocycles. The van der Waals surface area contributed by atoms with Gasteiger partial charge in [-0.05, 0) is 19.1 Å². The smallest absolute Gasteiger partial charge is 0.242 e. The zero-order valence-electron chi connectivity index (χ0n) is 15.4. The van der Waals surface area contributed by atoms with Crippen molar-refractivity contribution in [2.24, 2.45) is 0 Å². The van der Waals surface area contributed by atoms with Crippen LogP contribution in [0.15, 0.2) is 30.3 Å². The van der Waals surface area contributed by atoms with Gasteiger partial charge in [0.25, 0.3) is 0 Å². The Kier molecular flexibility index (Phi) is 9.87. The summed E-state index contributed by atoms with van der Waals surface area (Å²) < 4.78 is 5.46.